The third kappa shape index (κ3) is 4.52. The van der Waals surface area contributed by atoms with Crippen molar-refractivity contribution in [1.29, 1.82) is 0 Å². The summed E-state index contributed by atoms with van der Waals surface area (Å²) >= 11 is 0. The minimum atomic E-state index is -3.55. The summed E-state index contributed by atoms with van der Waals surface area (Å²) in [4.78, 5) is 12.5. The lowest BCUT2D eigenvalue weighted by molar-refractivity contribution is 0.0692. The Morgan fingerprint density at radius 2 is 1.44 bits per heavy atom. The van der Waals surface area contributed by atoms with E-state index in [0.717, 1.165) is 10.8 Å². The van der Waals surface area contributed by atoms with Gasteiger partial charge in [0.2, 0.25) is 0 Å². The lowest BCUT2D eigenvalue weighted by Gasteiger charge is -2.14. The van der Waals surface area contributed by atoms with Crippen molar-refractivity contribution in [3.8, 4) is 0 Å². The molecule has 0 aliphatic heterocycles. The molecule has 0 amide bonds. The van der Waals surface area contributed by atoms with E-state index in [1.807, 2.05) is 36.4 Å². The van der Waals surface area contributed by atoms with Gasteiger partial charge in [0.1, 0.15) is 5.76 Å². The number of carbonyl (C=O) groups excluding carboxylic acids is 1. The van der Waals surface area contributed by atoms with Crippen LogP contribution < -0.4 is 0 Å². The molecule has 0 N–H and O–H groups in total. The topological polar surface area (TPSA) is 61.8 Å². The predicted molar refractivity (Wildman–Crippen MR) is 105 cm³/mol. The highest BCUT2D eigenvalue weighted by molar-refractivity contribution is 7.57. The second kappa shape index (κ2) is 8.31. The smallest absolute Gasteiger partial charge is 0.357 e. The first-order chi connectivity index (χ1) is 13.0. The zero-order valence-corrected chi connectivity index (χ0v) is 15.9. The zero-order valence-electron chi connectivity index (χ0n) is 15.0. The largest absolute Gasteiger partial charge is 0.422 e. The first-order valence-electron chi connectivity index (χ1n) is 8.25. The fraction of sp³-hybridized carbons (Fsp3) is 0.0952. The van der Waals surface area contributed by atoms with Gasteiger partial charge < -0.3 is 13.8 Å². The van der Waals surface area contributed by atoms with Gasteiger partial charge in [-0.1, -0.05) is 54.6 Å². The third-order valence-corrected chi connectivity index (χ3v) is 5.60. The summed E-state index contributed by atoms with van der Waals surface area (Å²) in [5.41, 5.74) is 0.973. The van der Waals surface area contributed by atoms with Gasteiger partial charge in [-0.25, -0.2) is 4.79 Å². The molecule has 3 aromatic rings. The van der Waals surface area contributed by atoms with E-state index >= 15 is 0 Å². The Hall–Kier alpha value is -2.72. The maximum absolute atomic E-state index is 12.6. The molecule has 0 spiro atoms. The predicted octanol–water partition coefficient (Wildman–Crippen LogP) is 5.48. The lowest BCUT2D eigenvalue weighted by atomic mass is 10.1. The molecule has 0 unspecified atom stereocenters. The monoisotopic (exact) mass is 382 g/mol. The van der Waals surface area contributed by atoms with Crippen LogP contribution in [0.2, 0.25) is 0 Å². The zero-order chi connectivity index (χ0) is 19.3. The summed E-state index contributed by atoms with van der Waals surface area (Å²) in [7, 11) is -0.999. The van der Waals surface area contributed by atoms with Crippen LogP contribution in [0, 0.1) is 0 Å². The maximum Gasteiger partial charge on any atom is 0.357 e. The van der Waals surface area contributed by atoms with Gasteiger partial charge in [0.05, 0.1) is 11.4 Å². The minimum absolute atomic E-state index is 0.113. The van der Waals surface area contributed by atoms with E-state index in [1.54, 1.807) is 36.4 Å². The summed E-state index contributed by atoms with van der Waals surface area (Å²) in [6.45, 7) is 0. The minimum Gasteiger partial charge on any atom is -0.422 e. The number of esters is 1. The van der Waals surface area contributed by atoms with Gasteiger partial charge in [-0.15, -0.1) is 0 Å². The van der Waals surface area contributed by atoms with Gasteiger partial charge in [-0.05, 0) is 29.0 Å². The van der Waals surface area contributed by atoms with Crippen LogP contribution >= 0.6 is 7.60 Å². The fourth-order valence-corrected chi connectivity index (χ4v) is 3.41. The average Bonchev–Trinajstić information content (AvgIpc) is 2.73. The van der Waals surface area contributed by atoms with Crippen LogP contribution in [-0.2, 0) is 18.3 Å². The van der Waals surface area contributed by atoms with Crippen molar-refractivity contribution in [2.24, 2.45) is 0 Å². The molecule has 0 aliphatic rings. The number of carbonyl (C=O) groups is 1. The number of ether oxygens (including phenoxy) is 1. The van der Waals surface area contributed by atoms with Crippen LogP contribution in [0.4, 0.5) is 0 Å². The SMILES string of the molecule is COP(=O)(/C=C(\OC(=O)c1ccccc1)c1ccc2ccccc2c1)OC. The first-order valence-corrected chi connectivity index (χ1v) is 9.86. The van der Waals surface area contributed by atoms with Crippen molar-refractivity contribution >= 4 is 30.1 Å². The van der Waals surface area contributed by atoms with E-state index in [4.69, 9.17) is 13.8 Å². The molecule has 0 fully saturated rings. The van der Waals surface area contributed by atoms with Crippen LogP contribution in [0.25, 0.3) is 16.5 Å². The molecule has 3 rings (SSSR count). The molecule has 0 aliphatic carbocycles. The van der Waals surface area contributed by atoms with Crippen LogP contribution in [0.5, 0.6) is 0 Å². The molecule has 0 radical (unpaired) electrons. The number of benzene rings is 3. The van der Waals surface area contributed by atoms with Gasteiger partial charge in [-0.2, -0.15) is 0 Å². The van der Waals surface area contributed by atoms with Gasteiger partial charge in [-0.3, -0.25) is 4.57 Å². The van der Waals surface area contributed by atoms with Crippen LogP contribution in [0.1, 0.15) is 15.9 Å². The van der Waals surface area contributed by atoms with Gasteiger partial charge >= 0.3 is 13.6 Å². The molecule has 0 saturated heterocycles. The molecule has 0 aromatic heterocycles. The van der Waals surface area contributed by atoms with E-state index in [0.29, 0.717) is 11.1 Å². The normalized spacial score (nSPS) is 12.1. The summed E-state index contributed by atoms with van der Waals surface area (Å²) in [5, 5.41) is 2.00. The number of rotatable bonds is 6. The summed E-state index contributed by atoms with van der Waals surface area (Å²) in [6.07, 6.45) is 0. The summed E-state index contributed by atoms with van der Waals surface area (Å²) in [6, 6.07) is 21.9. The highest BCUT2D eigenvalue weighted by Gasteiger charge is 2.22. The molecule has 0 heterocycles. The highest BCUT2D eigenvalue weighted by atomic mass is 31.2. The first kappa shape index (κ1) is 19.1. The van der Waals surface area contributed by atoms with Crippen molar-refractivity contribution in [1.82, 2.24) is 0 Å². The van der Waals surface area contributed by atoms with E-state index in [9.17, 15) is 9.36 Å². The lowest BCUT2D eigenvalue weighted by Crippen LogP contribution is -2.05. The number of hydrogen-bond acceptors (Lipinski definition) is 5. The Labute approximate surface area is 157 Å². The van der Waals surface area contributed by atoms with E-state index in [1.165, 1.54) is 20.0 Å². The standard InChI is InChI=1S/C21H19O5P/c1-24-27(23,25-2)15-20(26-21(22)17-9-4-3-5-10-17)19-13-12-16-8-6-7-11-18(16)14-19/h3-15H,1-2H3/b20-15-. The second-order valence-corrected chi connectivity index (χ2v) is 7.78. The molecule has 0 atom stereocenters. The third-order valence-electron chi connectivity index (χ3n) is 4.03. The fourth-order valence-electron chi connectivity index (χ4n) is 2.56. The highest BCUT2D eigenvalue weighted by Crippen LogP contribution is 2.50. The molecule has 3 aromatic carbocycles. The van der Waals surface area contributed by atoms with Crippen LogP contribution in [0.15, 0.2) is 78.6 Å². The van der Waals surface area contributed by atoms with Crippen molar-refractivity contribution in [3.05, 3.63) is 89.7 Å². The molecule has 0 bridgehead atoms. The molecule has 6 heteroatoms. The second-order valence-electron chi connectivity index (χ2n) is 5.72. The van der Waals surface area contributed by atoms with Crippen LogP contribution in [0.3, 0.4) is 0 Å². The number of fused-ring (bicyclic) bond motifs is 1. The molecule has 27 heavy (non-hydrogen) atoms. The quantitative estimate of drug-likeness (QED) is 0.321. The van der Waals surface area contributed by atoms with Gasteiger partial charge in [0.25, 0.3) is 0 Å². The Morgan fingerprint density at radius 3 is 2.11 bits per heavy atom. The van der Waals surface area contributed by atoms with E-state index in [-0.39, 0.29) is 5.76 Å². The number of hydrogen-bond donors (Lipinski definition) is 0. The Morgan fingerprint density at radius 1 is 0.815 bits per heavy atom. The van der Waals surface area contributed by atoms with E-state index in [2.05, 4.69) is 0 Å². The van der Waals surface area contributed by atoms with Crippen molar-refractivity contribution in [2.75, 3.05) is 14.2 Å². The molecule has 5 nitrogen and oxygen atoms in total. The van der Waals surface area contributed by atoms with E-state index < -0.39 is 13.6 Å². The Bertz CT molecular complexity index is 1020. The molecular formula is C21H19O5P. The summed E-state index contributed by atoms with van der Waals surface area (Å²) in [5.74, 6) is 0.771. The Balaban J connectivity index is 2.05. The summed E-state index contributed by atoms with van der Waals surface area (Å²) < 4.78 is 28.1. The van der Waals surface area contributed by atoms with Crippen molar-refractivity contribution in [3.63, 3.8) is 0 Å². The van der Waals surface area contributed by atoms with Crippen molar-refractivity contribution < 1.29 is 23.1 Å². The Kier molecular flexibility index (Phi) is 5.87. The molecular weight excluding hydrogens is 363 g/mol. The molecule has 0 saturated carbocycles. The van der Waals surface area contributed by atoms with Crippen LogP contribution in [-0.4, -0.2) is 20.2 Å². The van der Waals surface area contributed by atoms with Gasteiger partial charge in [0.15, 0.2) is 0 Å². The maximum atomic E-state index is 12.6. The molecule has 138 valence electrons. The average molecular weight is 382 g/mol. The van der Waals surface area contributed by atoms with Crippen molar-refractivity contribution in [2.45, 2.75) is 0 Å². The van der Waals surface area contributed by atoms with Gasteiger partial charge in [0, 0.05) is 19.8 Å².